The molecule has 0 saturated heterocycles. The molecule has 0 saturated carbocycles. The molecule has 0 bridgehead atoms. The Labute approximate surface area is 104 Å². The molecule has 1 aliphatic heterocycles. The fraction of sp³-hybridized carbons (Fsp3) is 0.333. The average Bonchev–Trinajstić information content (AvgIpc) is 2.65. The first-order chi connectivity index (χ1) is 7.65. The Morgan fingerprint density at radius 2 is 2.00 bits per heavy atom. The summed E-state index contributed by atoms with van der Waals surface area (Å²) in [4.78, 5) is 5.34. The number of benzene rings is 1. The fourth-order valence-electron chi connectivity index (χ4n) is 1.49. The van der Waals surface area contributed by atoms with Crippen LogP contribution in [0.2, 0.25) is 0 Å². The van der Waals surface area contributed by atoms with E-state index in [0.29, 0.717) is 0 Å². The van der Waals surface area contributed by atoms with Crippen molar-refractivity contribution in [2.24, 2.45) is 0 Å². The number of halogens is 1. The largest absolute Gasteiger partial charge is 0.491 e. The van der Waals surface area contributed by atoms with Crippen molar-refractivity contribution in [1.29, 1.82) is 0 Å². The third-order valence-corrected chi connectivity index (χ3v) is 2.59. The second kappa shape index (κ2) is 4.89. The number of rotatable bonds is 3. The molecule has 0 fully saturated rings. The molecule has 0 unspecified atom stereocenters. The Kier molecular flexibility index (Phi) is 3.51. The summed E-state index contributed by atoms with van der Waals surface area (Å²) in [5, 5.41) is 0. The first-order valence-corrected chi connectivity index (χ1v) is 6.00. The molecule has 16 heavy (non-hydrogen) atoms. The van der Waals surface area contributed by atoms with E-state index in [1.165, 1.54) is 0 Å². The molecule has 0 aromatic heterocycles. The number of nitrogens with one attached hydrogen (secondary N) is 1. The molecule has 1 N–H and O–H groups in total. The molecule has 0 radical (unpaired) electrons. The molecular formula is C12H14BrNO2. The second-order valence-electron chi connectivity index (χ2n) is 3.89. The molecule has 1 aromatic rings. The molecule has 0 aliphatic carbocycles. The lowest BCUT2D eigenvalue weighted by molar-refractivity contribution is 0.0457. The molecule has 0 spiro atoms. The molecule has 1 heterocycles. The van der Waals surface area contributed by atoms with Crippen molar-refractivity contribution in [2.75, 3.05) is 0 Å². The monoisotopic (exact) mass is 283 g/mol. The molecule has 86 valence electrons. The van der Waals surface area contributed by atoms with Gasteiger partial charge in [-0.25, -0.2) is 0 Å². The van der Waals surface area contributed by atoms with Crippen LogP contribution in [0.25, 0.3) is 0 Å². The van der Waals surface area contributed by atoms with Gasteiger partial charge in [-0.2, -0.15) is 0 Å². The highest BCUT2D eigenvalue weighted by atomic mass is 79.9. The van der Waals surface area contributed by atoms with Crippen LogP contribution in [-0.2, 0) is 4.84 Å². The van der Waals surface area contributed by atoms with Crippen molar-refractivity contribution in [3.05, 3.63) is 40.5 Å². The number of hydrogen-bond acceptors (Lipinski definition) is 3. The summed E-state index contributed by atoms with van der Waals surface area (Å²) < 4.78 is 6.43. The van der Waals surface area contributed by atoms with Crippen molar-refractivity contribution in [3.8, 4) is 5.75 Å². The minimum absolute atomic E-state index is 0.0394. The fourth-order valence-corrected chi connectivity index (χ4v) is 1.83. The average molecular weight is 284 g/mol. The second-order valence-corrected chi connectivity index (χ2v) is 4.75. The van der Waals surface area contributed by atoms with E-state index in [1.807, 2.05) is 44.2 Å². The lowest BCUT2D eigenvalue weighted by atomic mass is 10.1. The van der Waals surface area contributed by atoms with Gasteiger partial charge in [0.2, 0.25) is 0 Å². The summed E-state index contributed by atoms with van der Waals surface area (Å²) in [5.74, 6) is 0.882. The quantitative estimate of drug-likeness (QED) is 0.864. The van der Waals surface area contributed by atoms with Crippen LogP contribution in [0.4, 0.5) is 0 Å². The Morgan fingerprint density at radius 1 is 1.31 bits per heavy atom. The van der Waals surface area contributed by atoms with Gasteiger partial charge >= 0.3 is 0 Å². The zero-order valence-corrected chi connectivity index (χ0v) is 10.8. The van der Waals surface area contributed by atoms with Crippen LogP contribution in [-0.4, -0.2) is 6.10 Å². The topological polar surface area (TPSA) is 30.5 Å². The van der Waals surface area contributed by atoms with E-state index in [-0.39, 0.29) is 12.2 Å². The summed E-state index contributed by atoms with van der Waals surface area (Å²) >= 11 is 3.32. The van der Waals surface area contributed by atoms with Gasteiger partial charge in [0.15, 0.2) is 0 Å². The van der Waals surface area contributed by atoms with Crippen LogP contribution in [0.5, 0.6) is 5.75 Å². The lowest BCUT2D eigenvalue weighted by Gasteiger charge is -2.11. The maximum absolute atomic E-state index is 5.57. The minimum Gasteiger partial charge on any atom is -0.491 e. The maximum atomic E-state index is 5.57. The summed E-state index contributed by atoms with van der Waals surface area (Å²) in [7, 11) is 0. The predicted octanol–water partition coefficient (Wildman–Crippen LogP) is 3.29. The summed E-state index contributed by atoms with van der Waals surface area (Å²) in [6.07, 6.45) is 2.13. The van der Waals surface area contributed by atoms with Gasteiger partial charge in [0.05, 0.1) is 6.10 Å². The third-order valence-electron chi connectivity index (χ3n) is 2.16. The van der Waals surface area contributed by atoms with Crippen molar-refractivity contribution in [2.45, 2.75) is 26.1 Å². The van der Waals surface area contributed by atoms with Gasteiger partial charge < -0.3 is 4.74 Å². The molecule has 1 aliphatic rings. The summed E-state index contributed by atoms with van der Waals surface area (Å²) in [5.41, 5.74) is 3.86. The number of hydroxylamine groups is 1. The van der Waals surface area contributed by atoms with Crippen molar-refractivity contribution in [1.82, 2.24) is 5.48 Å². The third kappa shape index (κ3) is 2.77. The van der Waals surface area contributed by atoms with Gasteiger partial charge in [-0.3, -0.25) is 10.3 Å². The molecule has 0 amide bonds. The Morgan fingerprint density at radius 3 is 2.50 bits per heavy atom. The molecule has 1 atom stereocenters. The molecule has 4 heteroatoms. The van der Waals surface area contributed by atoms with E-state index in [4.69, 9.17) is 9.57 Å². The van der Waals surface area contributed by atoms with Gasteiger partial charge in [0.1, 0.15) is 16.5 Å². The normalized spacial score (nSPS) is 19.5. The van der Waals surface area contributed by atoms with Crippen LogP contribution in [0, 0.1) is 0 Å². The SMILES string of the molecule is CC(C)Oc1ccc([C@H]2C=C(Br)NO2)cc1. The van der Waals surface area contributed by atoms with E-state index in [9.17, 15) is 0 Å². The van der Waals surface area contributed by atoms with E-state index in [2.05, 4.69) is 21.4 Å². The molecular weight excluding hydrogens is 270 g/mol. The van der Waals surface area contributed by atoms with E-state index in [0.717, 1.165) is 15.9 Å². The van der Waals surface area contributed by atoms with Gasteiger partial charge in [0.25, 0.3) is 0 Å². The Balaban J connectivity index is 2.07. The molecule has 1 aromatic carbocycles. The van der Waals surface area contributed by atoms with Crippen LogP contribution in [0.15, 0.2) is 34.9 Å². The highest BCUT2D eigenvalue weighted by Crippen LogP contribution is 2.27. The van der Waals surface area contributed by atoms with E-state index < -0.39 is 0 Å². The predicted molar refractivity (Wildman–Crippen MR) is 66.2 cm³/mol. The van der Waals surface area contributed by atoms with E-state index >= 15 is 0 Å². The minimum atomic E-state index is -0.0394. The highest BCUT2D eigenvalue weighted by Gasteiger charge is 2.16. The van der Waals surface area contributed by atoms with Gasteiger partial charge in [-0.15, -0.1) is 0 Å². The molecule has 3 nitrogen and oxygen atoms in total. The smallest absolute Gasteiger partial charge is 0.131 e. The van der Waals surface area contributed by atoms with Crippen LogP contribution < -0.4 is 10.2 Å². The first kappa shape index (κ1) is 11.5. The molecule has 2 rings (SSSR count). The highest BCUT2D eigenvalue weighted by molar-refractivity contribution is 9.11. The van der Waals surface area contributed by atoms with Crippen LogP contribution >= 0.6 is 15.9 Å². The first-order valence-electron chi connectivity index (χ1n) is 5.21. The zero-order valence-electron chi connectivity index (χ0n) is 9.24. The van der Waals surface area contributed by atoms with Crippen molar-refractivity contribution >= 4 is 15.9 Å². The standard InChI is InChI=1S/C12H14BrNO2/c1-8(2)15-10-5-3-9(4-6-10)11-7-12(13)14-16-11/h3-8,11,14H,1-2H3/t11-/m1/s1. The lowest BCUT2D eigenvalue weighted by Crippen LogP contribution is -2.07. The zero-order chi connectivity index (χ0) is 11.5. The number of ether oxygens (including phenoxy) is 1. The van der Waals surface area contributed by atoms with Crippen LogP contribution in [0.3, 0.4) is 0 Å². The van der Waals surface area contributed by atoms with Gasteiger partial charge in [-0.1, -0.05) is 12.1 Å². The Bertz CT molecular complexity index is 387. The summed E-state index contributed by atoms with van der Waals surface area (Å²) in [6, 6.07) is 7.93. The van der Waals surface area contributed by atoms with Gasteiger partial charge in [0, 0.05) is 0 Å². The van der Waals surface area contributed by atoms with Crippen molar-refractivity contribution < 1.29 is 9.57 Å². The summed E-state index contributed by atoms with van der Waals surface area (Å²) in [6.45, 7) is 4.02. The van der Waals surface area contributed by atoms with E-state index in [1.54, 1.807) is 0 Å². The van der Waals surface area contributed by atoms with Crippen molar-refractivity contribution in [3.63, 3.8) is 0 Å². The van der Waals surface area contributed by atoms with Crippen LogP contribution in [0.1, 0.15) is 25.5 Å². The maximum Gasteiger partial charge on any atom is 0.131 e. The van der Waals surface area contributed by atoms with Gasteiger partial charge in [-0.05, 0) is 53.5 Å². The number of hydrogen-bond donors (Lipinski definition) is 1. The Hall–Kier alpha value is -1.00.